The summed E-state index contributed by atoms with van der Waals surface area (Å²) < 4.78 is 1.48. The summed E-state index contributed by atoms with van der Waals surface area (Å²) in [6, 6.07) is 5.90. The first-order valence-electron chi connectivity index (χ1n) is 8.42. The van der Waals surface area contributed by atoms with Crippen LogP contribution in [-0.2, 0) is 4.79 Å². The van der Waals surface area contributed by atoms with E-state index < -0.39 is 17.1 Å². The monoisotopic (exact) mass is 372 g/mol. The molecule has 3 N–H and O–H groups in total. The van der Waals surface area contributed by atoms with Gasteiger partial charge in [-0.1, -0.05) is 6.07 Å². The molecule has 0 spiro atoms. The lowest BCUT2D eigenvalue weighted by molar-refractivity contribution is -0.385. The largest absolute Gasteiger partial charge is 0.322 e. The van der Waals surface area contributed by atoms with Gasteiger partial charge >= 0.3 is 0 Å². The van der Waals surface area contributed by atoms with Crippen LogP contribution in [0.25, 0.3) is 0 Å². The van der Waals surface area contributed by atoms with E-state index in [9.17, 15) is 19.7 Å². The highest BCUT2D eigenvalue weighted by Gasteiger charge is 2.27. The average Bonchev–Trinajstić information content (AvgIpc) is 2.94. The Morgan fingerprint density at radius 3 is 2.78 bits per heavy atom. The van der Waals surface area contributed by atoms with Crippen molar-refractivity contribution in [2.75, 3.05) is 5.32 Å². The van der Waals surface area contributed by atoms with Gasteiger partial charge in [-0.25, -0.2) is 4.68 Å². The summed E-state index contributed by atoms with van der Waals surface area (Å²) in [6.45, 7) is 5.25. The number of carbonyl (C=O) groups is 2. The number of nitro benzene ring substituents is 1. The van der Waals surface area contributed by atoms with Gasteiger partial charge in [0.1, 0.15) is 5.82 Å². The minimum absolute atomic E-state index is 0.0449. The summed E-state index contributed by atoms with van der Waals surface area (Å²) in [5, 5.41) is 24.1. The number of nitro groups is 1. The topological polar surface area (TPSA) is 131 Å². The zero-order chi connectivity index (χ0) is 19.7. The molecule has 1 aromatic carbocycles. The molecule has 10 heteroatoms. The lowest BCUT2D eigenvalue weighted by Crippen LogP contribution is -2.52. The molecule has 0 aliphatic carbocycles. The number of nitrogens with one attached hydrogen (secondary N) is 3. The second kappa shape index (κ2) is 7.16. The van der Waals surface area contributed by atoms with Gasteiger partial charge in [0.05, 0.1) is 10.6 Å². The minimum Gasteiger partial charge on any atom is -0.322 e. The number of hydrogen-bond acceptors (Lipinski definition) is 6. The van der Waals surface area contributed by atoms with Crippen LogP contribution in [0.15, 0.2) is 24.3 Å². The lowest BCUT2D eigenvalue weighted by atomic mass is 10.1. The number of anilines is 1. The predicted molar refractivity (Wildman–Crippen MR) is 97.1 cm³/mol. The van der Waals surface area contributed by atoms with E-state index in [1.807, 2.05) is 6.92 Å². The maximum atomic E-state index is 12.6. The molecule has 27 heavy (non-hydrogen) atoms. The van der Waals surface area contributed by atoms with Crippen molar-refractivity contribution in [1.82, 2.24) is 20.4 Å². The second-order valence-electron chi connectivity index (χ2n) is 6.57. The molecule has 2 aromatic rings. The van der Waals surface area contributed by atoms with Crippen molar-refractivity contribution in [2.24, 2.45) is 0 Å². The standard InChI is InChI=1S/C17H20N6O4/c1-9-4-5-12(8-13(9)23(26)27)16(25)19-14-6-11(3)21-22(14)17-18-10(2)7-15(24)20-17/h4-6,8,10,17-18H,7H2,1-3H3,(H,19,25)(H,20,24). The Morgan fingerprint density at radius 2 is 2.11 bits per heavy atom. The van der Waals surface area contributed by atoms with Crippen LogP contribution in [0, 0.1) is 24.0 Å². The van der Waals surface area contributed by atoms with E-state index in [4.69, 9.17) is 0 Å². The predicted octanol–water partition coefficient (Wildman–Crippen LogP) is 1.61. The van der Waals surface area contributed by atoms with Gasteiger partial charge in [-0.15, -0.1) is 0 Å². The first-order valence-corrected chi connectivity index (χ1v) is 8.42. The van der Waals surface area contributed by atoms with E-state index in [-0.39, 0.29) is 23.2 Å². The molecule has 10 nitrogen and oxygen atoms in total. The van der Waals surface area contributed by atoms with Crippen molar-refractivity contribution in [3.05, 3.63) is 51.2 Å². The third kappa shape index (κ3) is 3.95. The van der Waals surface area contributed by atoms with Crippen LogP contribution in [0.4, 0.5) is 11.5 Å². The molecule has 0 bridgehead atoms. The zero-order valence-corrected chi connectivity index (χ0v) is 15.1. The van der Waals surface area contributed by atoms with Crippen LogP contribution >= 0.6 is 0 Å². The fourth-order valence-electron chi connectivity index (χ4n) is 2.93. The highest BCUT2D eigenvalue weighted by molar-refractivity contribution is 6.04. The summed E-state index contributed by atoms with van der Waals surface area (Å²) in [5.41, 5.74) is 1.16. The van der Waals surface area contributed by atoms with Crippen LogP contribution in [0.2, 0.25) is 0 Å². The number of hydrogen-bond donors (Lipinski definition) is 3. The van der Waals surface area contributed by atoms with E-state index in [2.05, 4.69) is 21.0 Å². The van der Waals surface area contributed by atoms with E-state index in [0.29, 0.717) is 23.5 Å². The van der Waals surface area contributed by atoms with Crippen molar-refractivity contribution in [3.63, 3.8) is 0 Å². The summed E-state index contributed by atoms with van der Waals surface area (Å²) in [5.74, 6) is -0.257. The molecular formula is C17H20N6O4. The molecular weight excluding hydrogens is 352 g/mol. The Labute approximate surface area is 155 Å². The highest BCUT2D eigenvalue weighted by Crippen LogP contribution is 2.21. The first-order chi connectivity index (χ1) is 12.7. The van der Waals surface area contributed by atoms with Gasteiger partial charge in [0, 0.05) is 35.7 Å². The van der Waals surface area contributed by atoms with Gasteiger partial charge in [0.2, 0.25) is 5.91 Å². The fraction of sp³-hybridized carbons (Fsp3) is 0.353. The maximum Gasteiger partial charge on any atom is 0.273 e. The number of aromatic nitrogens is 2. The lowest BCUT2D eigenvalue weighted by Gasteiger charge is -2.30. The number of nitrogens with zero attached hydrogens (tertiary/aromatic N) is 3. The molecule has 3 rings (SSSR count). The van der Waals surface area contributed by atoms with Crippen molar-refractivity contribution >= 4 is 23.3 Å². The molecule has 2 atom stereocenters. The number of amides is 2. The molecule has 0 radical (unpaired) electrons. The van der Waals surface area contributed by atoms with Crippen molar-refractivity contribution in [3.8, 4) is 0 Å². The third-order valence-electron chi connectivity index (χ3n) is 4.24. The van der Waals surface area contributed by atoms with E-state index in [1.54, 1.807) is 19.9 Å². The summed E-state index contributed by atoms with van der Waals surface area (Å²) >= 11 is 0. The highest BCUT2D eigenvalue weighted by atomic mass is 16.6. The van der Waals surface area contributed by atoms with Gasteiger partial charge in [-0.3, -0.25) is 25.0 Å². The van der Waals surface area contributed by atoms with E-state index in [1.165, 1.54) is 22.9 Å². The minimum atomic E-state index is -0.599. The first kappa shape index (κ1) is 18.5. The molecule has 1 aromatic heterocycles. The molecule has 1 aliphatic heterocycles. The maximum absolute atomic E-state index is 12.6. The van der Waals surface area contributed by atoms with Crippen LogP contribution in [0.3, 0.4) is 0 Å². The van der Waals surface area contributed by atoms with Gasteiger partial charge in [-0.05, 0) is 26.8 Å². The molecule has 0 saturated carbocycles. The van der Waals surface area contributed by atoms with Gasteiger partial charge < -0.3 is 10.6 Å². The van der Waals surface area contributed by atoms with Gasteiger partial charge in [-0.2, -0.15) is 5.10 Å². The summed E-state index contributed by atoms with van der Waals surface area (Å²) in [7, 11) is 0. The van der Waals surface area contributed by atoms with Crippen LogP contribution < -0.4 is 16.0 Å². The van der Waals surface area contributed by atoms with Crippen LogP contribution in [-0.4, -0.2) is 32.6 Å². The molecule has 2 amide bonds. The van der Waals surface area contributed by atoms with Crippen LogP contribution in [0.1, 0.15) is 41.2 Å². The summed E-state index contributed by atoms with van der Waals surface area (Å²) in [4.78, 5) is 35.0. The van der Waals surface area contributed by atoms with Gasteiger partial charge in [0.15, 0.2) is 6.29 Å². The Bertz CT molecular complexity index is 922. The van der Waals surface area contributed by atoms with Gasteiger partial charge in [0.25, 0.3) is 11.6 Å². The van der Waals surface area contributed by atoms with E-state index >= 15 is 0 Å². The molecule has 2 heterocycles. The number of benzene rings is 1. The second-order valence-corrected chi connectivity index (χ2v) is 6.57. The van der Waals surface area contributed by atoms with Crippen molar-refractivity contribution < 1.29 is 14.5 Å². The van der Waals surface area contributed by atoms with Crippen molar-refractivity contribution in [1.29, 1.82) is 0 Å². The summed E-state index contributed by atoms with van der Waals surface area (Å²) in [6.07, 6.45) is -0.247. The third-order valence-corrected chi connectivity index (χ3v) is 4.24. The average molecular weight is 372 g/mol. The smallest absolute Gasteiger partial charge is 0.273 e. The normalized spacial score (nSPS) is 19.4. The quantitative estimate of drug-likeness (QED) is 0.552. The van der Waals surface area contributed by atoms with E-state index in [0.717, 1.165) is 0 Å². The van der Waals surface area contributed by atoms with Crippen LogP contribution in [0.5, 0.6) is 0 Å². The SMILES string of the molecule is Cc1cc(NC(=O)c2ccc(C)c([N+](=O)[O-])c2)n(C2NC(=O)CC(C)N2)n1. The fourth-order valence-corrected chi connectivity index (χ4v) is 2.93. The molecule has 1 aliphatic rings. The van der Waals surface area contributed by atoms with Crippen molar-refractivity contribution in [2.45, 2.75) is 39.5 Å². The Kier molecular flexibility index (Phi) is 4.91. The molecule has 142 valence electrons. The Balaban J connectivity index is 1.86. The zero-order valence-electron chi connectivity index (χ0n) is 15.1. The number of carbonyl (C=O) groups excluding carboxylic acids is 2. The molecule has 2 unspecified atom stereocenters. The Morgan fingerprint density at radius 1 is 1.37 bits per heavy atom. The number of rotatable bonds is 4. The molecule has 1 fully saturated rings. The Hall–Kier alpha value is -3.27. The molecule has 1 saturated heterocycles. The number of aryl methyl sites for hydroxylation is 2.